The summed E-state index contributed by atoms with van der Waals surface area (Å²) < 4.78 is 0. The van der Waals surface area contributed by atoms with Crippen LogP contribution in [0.4, 0.5) is 0 Å². The summed E-state index contributed by atoms with van der Waals surface area (Å²) in [6.07, 6.45) is 7.15. The molecule has 112 valence electrons. The van der Waals surface area contributed by atoms with Crippen molar-refractivity contribution in [2.24, 2.45) is 5.92 Å². The zero-order valence-electron chi connectivity index (χ0n) is 13.3. The molecule has 1 aromatic carbocycles. The largest absolute Gasteiger partial charge is 0.312 e. The van der Waals surface area contributed by atoms with E-state index >= 15 is 0 Å². The first-order valence-electron chi connectivity index (χ1n) is 8.15. The second kappa shape index (κ2) is 7.80. The van der Waals surface area contributed by atoms with Gasteiger partial charge in [0.2, 0.25) is 0 Å². The molecule has 0 bridgehead atoms. The highest BCUT2D eigenvalue weighted by Crippen LogP contribution is 2.26. The van der Waals surface area contributed by atoms with E-state index < -0.39 is 0 Å². The molecule has 0 amide bonds. The molecule has 1 N–H and O–H groups in total. The number of hydrogen-bond donors (Lipinski definition) is 1. The minimum absolute atomic E-state index is 0.407. The van der Waals surface area contributed by atoms with Crippen molar-refractivity contribution < 1.29 is 0 Å². The standard InChI is InChI=1S/C18H30N2/c1-15(18(19-2)17-12-8-5-9-13-17)20(3)14-16-10-6-4-7-11-16/h5,8-9,12-13,15-16,18-19H,4,6-7,10-11,14H2,1-3H3. The van der Waals surface area contributed by atoms with Crippen molar-refractivity contribution in [3.05, 3.63) is 35.9 Å². The van der Waals surface area contributed by atoms with E-state index in [0.717, 1.165) is 5.92 Å². The minimum Gasteiger partial charge on any atom is -0.312 e. The molecule has 20 heavy (non-hydrogen) atoms. The van der Waals surface area contributed by atoms with Gasteiger partial charge >= 0.3 is 0 Å². The fourth-order valence-corrected chi connectivity index (χ4v) is 3.54. The molecule has 2 heteroatoms. The van der Waals surface area contributed by atoms with Crippen molar-refractivity contribution >= 4 is 0 Å². The monoisotopic (exact) mass is 274 g/mol. The maximum Gasteiger partial charge on any atom is 0.0472 e. The Morgan fingerprint density at radius 3 is 2.40 bits per heavy atom. The summed E-state index contributed by atoms with van der Waals surface area (Å²) in [6.45, 7) is 3.59. The molecular weight excluding hydrogens is 244 g/mol. The molecule has 0 heterocycles. The SMILES string of the molecule is CNC(c1ccccc1)C(C)N(C)CC1CCCCC1. The Hall–Kier alpha value is -0.860. The molecule has 1 fully saturated rings. The van der Waals surface area contributed by atoms with Gasteiger partial charge in [-0.3, -0.25) is 0 Å². The molecule has 0 aromatic heterocycles. The van der Waals surface area contributed by atoms with Crippen LogP contribution in [0.5, 0.6) is 0 Å². The topological polar surface area (TPSA) is 15.3 Å². The van der Waals surface area contributed by atoms with Gasteiger partial charge in [0.1, 0.15) is 0 Å². The van der Waals surface area contributed by atoms with Crippen LogP contribution in [-0.2, 0) is 0 Å². The smallest absolute Gasteiger partial charge is 0.0472 e. The van der Waals surface area contributed by atoms with E-state index in [1.54, 1.807) is 0 Å². The van der Waals surface area contributed by atoms with Crippen LogP contribution in [-0.4, -0.2) is 31.6 Å². The number of likely N-dealkylation sites (N-methyl/N-ethyl adjacent to an activating group) is 2. The van der Waals surface area contributed by atoms with E-state index in [0.29, 0.717) is 12.1 Å². The Morgan fingerprint density at radius 2 is 1.80 bits per heavy atom. The lowest BCUT2D eigenvalue weighted by molar-refractivity contribution is 0.164. The molecule has 1 aromatic rings. The van der Waals surface area contributed by atoms with Crippen LogP contribution >= 0.6 is 0 Å². The molecule has 2 atom stereocenters. The summed E-state index contributed by atoms with van der Waals surface area (Å²) in [7, 11) is 4.36. The first kappa shape index (κ1) is 15.5. The van der Waals surface area contributed by atoms with Crippen LogP contribution in [0.15, 0.2) is 30.3 Å². The zero-order valence-corrected chi connectivity index (χ0v) is 13.3. The van der Waals surface area contributed by atoms with Crippen LogP contribution in [0.1, 0.15) is 50.6 Å². The molecule has 0 saturated heterocycles. The van der Waals surface area contributed by atoms with E-state index in [9.17, 15) is 0 Å². The third kappa shape index (κ3) is 4.07. The van der Waals surface area contributed by atoms with Gasteiger partial charge in [-0.25, -0.2) is 0 Å². The Morgan fingerprint density at radius 1 is 1.15 bits per heavy atom. The van der Waals surface area contributed by atoms with Gasteiger partial charge in [-0.2, -0.15) is 0 Å². The summed E-state index contributed by atoms with van der Waals surface area (Å²) in [5, 5.41) is 3.49. The van der Waals surface area contributed by atoms with Crippen LogP contribution in [0.3, 0.4) is 0 Å². The summed E-state index contributed by atoms with van der Waals surface area (Å²) in [4.78, 5) is 2.55. The predicted octanol–water partition coefficient (Wildman–Crippen LogP) is 3.85. The third-order valence-corrected chi connectivity index (χ3v) is 4.92. The molecule has 2 unspecified atom stereocenters. The average molecular weight is 274 g/mol. The number of nitrogens with zero attached hydrogens (tertiary/aromatic N) is 1. The minimum atomic E-state index is 0.407. The van der Waals surface area contributed by atoms with E-state index in [2.05, 4.69) is 61.6 Å². The lowest BCUT2D eigenvalue weighted by Gasteiger charge is -2.35. The van der Waals surface area contributed by atoms with Crippen molar-refractivity contribution in [1.29, 1.82) is 0 Å². The maximum atomic E-state index is 3.49. The molecule has 0 aliphatic heterocycles. The number of benzene rings is 1. The van der Waals surface area contributed by atoms with Crippen molar-refractivity contribution in [1.82, 2.24) is 10.2 Å². The van der Waals surface area contributed by atoms with Crippen LogP contribution in [0.25, 0.3) is 0 Å². The Balaban J connectivity index is 1.95. The van der Waals surface area contributed by atoms with Crippen molar-refractivity contribution in [2.45, 2.75) is 51.1 Å². The highest BCUT2D eigenvalue weighted by Gasteiger charge is 2.24. The second-order valence-electron chi connectivity index (χ2n) is 6.36. The van der Waals surface area contributed by atoms with Gasteiger partial charge in [-0.05, 0) is 45.3 Å². The summed E-state index contributed by atoms with van der Waals surface area (Å²) in [5.74, 6) is 0.907. The van der Waals surface area contributed by atoms with Gasteiger partial charge in [0.05, 0.1) is 0 Å². The number of nitrogens with one attached hydrogen (secondary N) is 1. The number of hydrogen-bond acceptors (Lipinski definition) is 2. The first-order chi connectivity index (χ1) is 9.72. The van der Waals surface area contributed by atoms with Gasteiger partial charge in [0.25, 0.3) is 0 Å². The van der Waals surface area contributed by atoms with E-state index in [1.807, 2.05) is 0 Å². The highest BCUT2D eigenvalue weighted by atomic mass is 15.2. The lowest BCUT2D eigenvalue weighted by atomic mass is 9.88. The molecule has 0 radical (unpaired) electrons. The lowest BCUT2D eigenvalue weighted by Crippen LogP contribution is -2.42. The van der Waals surface area contributed by atoms with E-state index in [1.165, 1.54) is 44.2 Å². The molecule has 1 aliphatic carbocycles. The summed E-state index contributed by atoms with van der Waals surface area (Å²) in [6, 6.07) is 11.7. The van der Waals surface area contributed by atoms with Crippen LogP contribution in [0.2, 0.25) is 0 Å². The Kier molecular flexibility index (Phi) is 6.06. The predicted molar refractivity (Wildman–Crippen MR) is 86.9 cm³/mol. The van der Waals surface area contributed by atoms with Crippen molar-refractivity contribution in [3.63, 3.8) is 0 Å². The molecule has 1 saturated carbocycles. The Labute approximate surface area is 124 Å². The van der Waals surface area contributed by atoms with Crippen molar-refractivity contribution in [3.8, 4) is 0 Å². The molecular formula is C18H30N2. The molecule has 1 aliphatic rings. The zero-order chi connectivity index (χ0) is 14.4. The normalized spacial score (nSPS) is 20.0. The quantitative estimate of drug-likeness (QED) is 0.847. The summed E-state index contributed by atoms with van der Waals surface area (Å²) >= 11 is 0. The molecule has 2 rings (SSSR count). The van der Waals surface area contributed by atoms with Gasteiger partial charge in [-0.1, -0.05) is 49.6 Å². The van der Waals surface area contributed by atoms with Crippen LogP contribution < -0.4 is 5.32 Å². The molecule has 0 spiro atoms. The third-order valence-electron chi connectivity index (χ3n) is 4.92. The van der Waals surface area contributed by atoms with Gasteiger partial charge < -0.3 is 10.2 Å². The average Bonchev–Trinajstić information content (AvgIpc) is 2.50. The molecule has 2 nitrogen and oxygen atoms in total. The second-order valence-corrected chi connectivity index (χ2v) is 6.36. The van der Waals surface area contributed by atoms with Crippen molar-refractivity contribution in [2.75, 3.05) is 20.6 Å². The maximum absolute atomic E-state index is 3.49. The van der Waals surface area contributed by atoms with Gasteiger partial charge in [0, 0.05) is 18.6 Å². The van der Waals surface area contributed by atoms with Gasteiger partial charge in [-0.15, -0.1) is 0 Å². The first-order valence-corrected chi connectivity index (χ1v) is 8.15. The Bertz CT molecular complexity index is 370. The summed E-state index contributed by atoms with van der Waals surface area (Å²) in [5.41, 5.74) is 1.39. The van der Waals surface area contributed by atoms with Gasteiger partial charge in [0.15, 0.2) is 0 Å². The van der Waals surface area contributed by atoms with Crippen LogP contribution in [0, 0.1) is 5.92 Å². The highest BCUT2D eigenvalue weighted by molar-refractivity contribution is 5.20. The van der Waals surface area contributed by atoms with E-state index in [-0.39, 0.29) is 0 Å². The fourth-order valence-electron chi connectivity index (χ4n) is 3.54. The fraction of sp³-hybridized carbons (Fsp3) is 0.667. The number of rotatable bonds is 6. The van der Waals surface area contributed by atoms with E-state index in [4.69, 9.17) is 0 Å².